The zero-order chi connectivity index (χ0) is 18.0. The topological polar surface area (TPSA) is 88.4 Å². The van der Waals surface area contributed by atoms with Gasteiger partial charge in [0.15, 0.2) is 0 Å². The summed E-state index contributed by atoms with van der Waals surface area (Å²) in [6.07, 6.45) is 4.31. The number of hydrogen-bond donors (Lipinski definition) is 2. The minimum Gasteiger partial charge on any atom is -0.480 e. The number of hydrogen-bond acceptors (Lipinski definition) is 3. The summed E-state index contributed by atoms with van der Waals surface area (Å²) in [6, 6.07) is 8.41. The lowest BCUT2D eigenvalue weighted by molar-refractivity contribution is -0.145. The second-order valence-corrected chi connectivity index (χ2v) is 6.73. The first-order valence-corrected chi connectivity index (χ1v) is 8.59. The lowest BCUT2D eigenvalue weighted by Crippen LogP contribution is -2.54. The van der Waals surface area contributed by atoms with Crippen LogP contribution >= 0.6 is 0 Å². The molecule has 2 aromatic rings. The molecule has 0 radical (unpaired) electrons. The van der Waals surface area contributed by atoms with E-state index in [0.717, 1.165) is 25.7 Å². The molecule has 1 aliphatic carbocycles. The molecule has 0 spiro atoms. The molecule has 3 rings (SSSR count). The molecule has 1 aromatic carbocycles. The quantitative estimate of drug-likeness (QED) is 0.839. The van der Waals surface area contributed by atoms with E-state index < -0.39 is 17.4 Å². The van der Waals surface area contributed by atoms with Gasteiger partial charge in [0.05, 0.1) is 11.1 Å². The Kier molecular flexibility index (Phi) is 4.61. The van der Waals surface area contributed by atoms with Crippen LogP contribution in [0.15, 0.2) is 35.1 Å². The standard InChI is InChI=1S/C19H22N2O4/c1-21-15-9-5-4-8-13(15)14(12-16(21)22)17(23)20-19(18(24)25)10-6-2-3-7-11-19/h4-5,8-9,12H,2-3,6-7,10-11H2,1H3,(H,20,23)(H,24,25). The summed E-state index contributed by atoms with van der Waals surface area (Å²) < 4.78 is 1.48. The van der Waals surface area contributed by atoms with Crippen LogP contribution in [0.3, 0.4) is 0 Å². The fraction of sp³-hybridized carbons (Fsp3) is 0.421. The first-order chi connectivity index (χ1) is 11.9. The molecule has 1 heterocycles. The van der Waals surface area contributed by atoms with E-state index in [2.05, 4.69) is 5.32 Å². The highest BCUT2D eigenvalue weighted by Crippen LogP contribution is 2.28. The number of pyridine rings is 1. The van der Waals surface area contributed by atoms with Crippen molar-refractivity contribution in [3.63, 3.8) is 0 Å². The number of rotatable bonds is 3. The number of aryl methyl sites for hydroxylation is 1. The number of benzene rings is 1. The summed E-state index contributed by atoms with van der Waals surface area (Å²) in [5.41, 5.74) is -0.682. The molecule has 1 amide bonds. The molecule has 6 nitrogen and oxygen atoms in total. The summed E-state index contributed by atoms with van der Waals surface area (Å²) in [5, 5.41) is 13.1. The molecule has 0 atom stereocenters. The first-order valence-electron chi connectivity index (χ1n) is 8.59. The number of carbonyl (C=O) groups is 2. The fourth-order valence-electron chi connectivity index (χ4n) is 3.61. The maximum absolute atomic E-state index is 12.9. The molecule has 2 N–H and O–H groups in total. The van der Waals surface area contributed by atoms with Crippen molar-refractivity contribution in [1.82, 2.24) is 9.88 Å². The Morgan fingerprint density at radius 3 is 2.40 bits per heavy atom. The van der Waals surface area contributed by atoms with Gasteiger partial charge in [0, 0.05) is 18.5 Å². The average molecular weight is 342 g/mol. The lowest BCUT2D eigenvalue weighted by Gasteiger charge is -2.29. The van der Waals surface area contributed by atoms with Gasteiger partial charge in [0.1, 0.15) is 5.54 Å². The number of amides is 1. The van der Waals surface area contributed by atoms with Crippen LogP contribution in [0, 0.1) is 0 Å². The number of carboxylic acids is 1. The molecule has 6 heteroatoms. The number of aromatic nitrogens is 1. The summed E-state index contributed by atoms with van der Waals surface area (Å²) >= 11 is 0. The largest absolute Gasteiger partial charge is 0.480 e. The van der Waals surface area contributed by atoms with Gasteiger partial charge in [0.2, 0.25) is 0 Å². The molecule has 25 heavy (non-hydrogen) atoms. The molecule has 1 aliphatic rings. The van der Waals surface area contributed by atoms with E-state index in [1.165, 1.54) is 10.6 Å². The minimum atomic E-state index is -1.25. The van der Waals surface area contributed by atoms with Gasteiger partial charge in [0.25, 0.3) is 11.5 Å². The molecular formula is C19H22N2O4. The summed E-state index contributed by atoms with van der Waals surface area (Å²) in [6.45, 7) is 0. The molecule has 0 aliphatic heterocycles. The Hall–Kier alpha value is -2.63. The van der Waals surface area contributed by atoms with E-state index in [-0.39, 0.29) is 11.1 Å². The van der Waals surface area contributed by atoms with E-state index in [4.69, 9.17) is 0 Å². The van der Waals surface area contributed by atoms with Gasteiger partial charge >= 0.3 is 5.97 Å². The van der Waals surface area contributed by atoms with Crippen LogP contribution in [0.2, 0.25) is 0 Å². The monoisotopic (exact) mass is 342 g/mol. The maximum atomic E-state index is 12.9. The van der Waals surface area contributed by atoms with Gasteiger partial charge in [-0.15, -0.1) is 0 Å². The first kappa shape index (κ1) is 17.2. The van der Waals surface area contributed by atoms with Crippen molar-refractivity contribution in [3.8, 4) is 0 Å². The van der Waals surface area contributed by atoms with Crippen molar-refractivity contribution in [2.24, 2.45) is 7.05 Å². The second kappa shape index (κ2) is 6.70. The van der Waals surface area contributed by atoms with Crippen molar-refractivity contribution < 1.29 is 14.7 Å². The number of nitrogens with zero attached hydrogens (tertiary/aromatic N) is 1. The van der Waals surface area contributed by atoms with Gasteiger partial charge in [-0.3, -0.25) is 9.59 Å². The van der Waals surface area contributed by atoms with Crippen LogP contribution < -0.4 is 10.9 Å². The number of fused-ring (bicyclic) bond motifs is 1. The van der Waals surface area contributed by atoms with E-state index in [1.807, 2.05) is 0 Å². The van der Waals surface area contributed by atoms with Crippen LogP contribution in [0.4, 0.5) is 0 Å². The van der Waals surface area contributed by atoms with Gasteiger partial charge in [-0.1, -0.05) is 43.9 Å². The summed E-state index contributed by atoms with van der Waals surface area (Å²) in [7, 11) is 1.65. The zero-order valence-corrected chi connectivity index (χ0v) is 14.2. The van der Waals surface area contributed by atoms with Crippen LogP contribution in [0.25, 0.3) is 10.9 Å². The van der Waals surface area contributed by atoms with Crippen molar-refractivity contribution in [1.29, 1.82) is 0 Å². The third-order valence-corrected chi connectivity index (χ3v) is 5.12. The number of carboxylic acid groups (broad SMARTS) is 1. The van der Waals surface area contributed by atoms with Crippen LogP contribution in [-0.2, 0) is 11.8 Å². The Labute approximate surface area is 145 Å². The SMILES string of the molecule is Cn1c(=O)cc(C(=O)NC2(C(=O)O)CCCCCC2)c2ccccc21. The van der Waals surface area contributed by atoms with Crippen molar-refractivity contribution in [2.45, 2.75) is 44.1 Å². The highest BCUT2D eigenvalue weighted by Gasteiger charge is 2.40. The van der Waals surface area contributed by atoms with Crippen molar-refractivity contribution in [3.05, 3.63) is 46.2 Å². The zero-order valence-electron chi connectivity index (χ0n) is 14.2. The minimum absolute atomic E-state index is 0.226. The van der Waals surface area contributed by atoms with Gasteiger partial charge in [-0.05, 0) is 18.9 Å². The molecular weight excluding hydrogens is 320 g/mol. The maximum Gasteiger partial charge on any atom is 0.329 e. The Balaban J connectivity index is 2.03. The predicted molar refractivity (Wildman–Crippen MR) is 94.7 cm³/mol. The van der Waals surface area contributed by atoms with E-state index in [1.54, 1.807) is 31.3 Å². The van der Waals surface area contributed by atoms with E-state index in [0.29, 0.717) is 23.7 Å². The fourth-order valence-corrected chi connectivity index (χ4v) is 3.61. The number of para-hydroxylation sites is 1. The van der Waals surface area contributed by atoms with Gasteiger partial charge in [-0.25, -0.2) is 4.79 Å². The third-order valence-electron chi connectivity index (χ3n) is 5.12. The highest BCUT2D eigenvalue weighted by atomic mass is 16.4. The smallest absolute Gasteiger partial charge is 0.329 e. The third kappa shape index (κ3) is 3.16. The van der Waals surface area contributed by atoms with Crippen LogP contribution in [0.1, 0.15) is 48.9 Å². The Morgan fingerprint density at radius 1 is 1.12 bits per heavy atom. The molecule has 0 saturated heterocycles. The van der Waals surface area contributed by atoms with Gasteiger partial charge in [-0.2, -0.15) is 0 Å². The Bertz CT molecular complexity index is 877. The van der Waals surface area contributed by atoms with Gasteiger partial charge < -0.3 is 15.0 Å². The van der Waals surface area contributed by atoms with Crippen LogP contribution in [0.5, 0.6) is 0 Å². The number of nitrogens with one attached hydrogen (secondary N) is 1. The predicted octanol–water partition coefficient (Wildman–Crippen LogP) is 2.45. The summed E-state index contributed by atoms with van der Waals surface area (Å²) in [5.74, 6) is -1.51. The molecule has 1 fully saturated rings. The molecule has 1 aromatic heterocycles. The average Bonchev–Trinajstić information content (AvgIpc) is 2.84. The lowest BCUT2D eigenvalue weighted by atomic mass is 9.89. The van der Waals surface area contributed by atoms with Crippen LogP contribution in [-0.4, -0.2) is 27.1 Å². The summed E-state index contributed by atoms with van der Waals surface area (Å²) in [4.78, 5) is 37.0. The molecule has 132 valence electrons. The van der Waals surface area contributed by atoms with E-state index >= 15 is 0 Å². The molecule has 1 saturated carbocycles. The normalized spacial score (nSPS) is 17.0. The van der Waals surface area contributed by atoms with Crippen molar-refractivity contribution in [2.75, 3.05) is 0 Å². The number of carbonyl (C=O) groups excluding carboxylic acids is 1. The molecule has 0 bridgehead atoms. The molecule has 0 unspecified atom stereocenters. The highest BCUT2D eigenvalue weighted by molar-refractivity contribution is 6.07. The van der Waals surface area contributed by atoms with Crippen molar-refractivity contribution >= 4 is 22.8 Å². The number of aliphatic carboxylic acids is 1. The second-order valence-electron chi connectivity index (χ2n) is 6.73. The van der Waals surface area contributed by atoms with E-state index in [9.17, 15) is 19.5 Å². The Morgan fingerprint density at radius 2 is 1.76 bits per heavy atom.